The highest BCUT2D eigenvalue weighted by Gasteiger charge is 2.15. The van der Waals surface area contributed by atoms with Crippen LogP contribution < -0.4 is 5.32 Å². The molecular weight excluding hydrogens is 334 g/mol. The summed E-state index contributed by atoms with van der Waals surface area (Å²) in [5.41, 5.74) is 1.60. The molecule has 0 radical (unpaired) electrons. The SMILES string of the molecule is COC(=O)c1ccccc1NC(=O)CCN(Cc1ccncc1)C(C)=O. The summed E-state index contributed by atoms with van der Waals surface area (Å²) in [7, 11) is 1.28. The van der Waals surface area contributed by atoms with E-state index in [4.69, 9.17) is 4.74 Å². The van der Waals surface area contributed by atoms with Crippen LogP contribution in [0.2, 0.25) is 0 Å². The van der Waals surface area contributed by atoms with Gasteiger partial charge in [-0.15, -0.1) is 0 Å². The number of nitrogens with one attached hydrogen (secondary N) is 1. The fraction of sp³-hybridized carbons (Fsp3) is 0.263. The Bertz CT molecular complexity index is 777. The predicted molar refractivity (Wildman–Crippen MR) is 96.4 cm³/mol. The van der Waals surface area contributed by atoms with E-state index in [2.05, 4.69) is 10.3 Å². The minimum absolute atomic E-state index is 0.111. The molecule has 2 rings (SSSR count). The number of para-hydroxylation sites is 1. The molecule has 2 amide bonds. The molecule has 136 valence electrons. The molecule has 0 aliphatic heterocycles. The number of aromatic nitrogens is 1. The number of anilines is 1. The summed E-state index contributed by atoms with van der Waals surface area (Å²) < 4.78 is 4.71. The highest BCUT2D eigenvalue weighted by atomic mass is 16.5. The molecule has 0 spiro atoms. The maximum atomic E-state index is 12.2. The molecule has 0 fully saturated rings. The molecule has 7 nitrogen and oxygen atoms in total. The maximum absolute atomic E-state index is 12.2. The molecule has 26 heavy (non-hydrogen) atoms. The molecule has 0 bridgehead atoms. The minimum Gasteiger partial charge on any atom is -0.465 e. The Hall–Kier alpha value is -3.22. The summed E-state index contributed by atoms with van der Waals surface area (Å²) in [6, 6.07) is 10.3. The van der Waals surface area contributed by atoms with Crippen molar-refractivity contribution in [3.63, 3.8) is 0 Å². The first kappa shape index (κ1) is 19.1. The van der Waals surface area contributed by atoms with E-state index < -0.39 is 5.97 Å². The topological polar surface area (TPSA) is 88.6 Å². The van der Waals surface area contributed by atoms with Crippen molar-refractivity contribution in [3.8, 4) is 0 Å². The Morgan fingerprint density at radius 3 is 2.46 bits per heavy atom. The lowest BCUT2D eigenvalue weighted by molar-refractivity contribution is -0.129. The van der Waals surface area contributed by atoms with E-state index in [1.165, 1.54) is 14.0 Å². The molecule has 0 saturated carbocycles. The second-order valence-electron chi connectivity index (χ2n) is 5.63. The van der Waals surface area contributed by atoms with Crippen LogP contribution in [0.3, 0.4) is 0 Å². The molecule has 1 aromatic heterocycles. The molecule has 0 aliphatic carbocycles. The standard InChI is InChI=1S/C19H21N3O4/c1-14(23)22(13-15-7-10-20-11-8-15)12-9-18(24)21-17-6-4-3-5-16(17)19(25)26-2/h3-8,10-11H,9,12-13H2,1-2H3,(H,21,24). The molecule has 0 saturated heterocycles. The van der Waals surface area contributed by atoms with Crippen molar-refractivity contribution in [1.82, 2.24) is 9.88 Å². The van der Waals surface area contributed by atoms with E-state index in [1.54, 1.807) is 41.6 Å². The van der Waals surface area contributed by atoms with Crippen molar-refractivity contribution in [2.75, 3.05) is 19.0 Å². The lowest BCUT2D eigenvalue weighted by Crippen LogP contribution is -2.31. The van der Waals surface area contributed by atoms with Crippen LogP contribution in [0, 0.1) is 0 Å². The fourth-order valence-electron chi connectivity index (χ4n) is 2.39. The van der Waals surface area contributed by atoms with Crippen LogP contribution >= 0.6 is 0 Å². The number of hydrogen-bond acceptors (Lipinski definition) is 5. The van der Waals surface area contributed by atoms with Gasteiger partial charge in [0, 0.05) is 38.8 Å². The van der Waals surface area contributed by atoms with Gasteiger partial charge in [0.2, 0.25) is 11.8 Å². The van der Waals surface area contributed by atoms with Gasteiger partial charge in [-0.05, 0) is 29.8 Å². The van der Waals surface area contributed by atoms with Gasteiger partial charge in [0.25, 0.3) is 0 Å². The first-order chi connectivity index (χ1) is 12.5. The number of amides is 2. The van der Waals surface area contributed by atoms with Gasteiger partial charge in [0.15, 0.2) is 0 Å². The summed E-state index contributed by atoms with van der Waals surface area (Å²) in [6.07, 6.45) is 3.42. The number of carbonyl (C=O) groups is 3. The molecule has 0 aliphatic rings. The quantitative estimate of drug-likeness (QED) is 0.770. The molecule has 7 heteroatoms. The van der Waals surface area contributed by atoms with Crippen LogP contribution in [-0.2, 0) is 20.9 Å². The number of rotatable bonds is 7. The smallest absolute Gasteiger partial charge is 0.339 e. The van der Waals surface area contributed by atoms with Gasteiger partial charge in [-0.2, -0.15) is 0 Å². The predicted octanol–water partition coefficient (Wildman–Crippen LogP) is 2.25. The third-order valence-corrected chi connectivity index (χ3v) is 3.78. The minimum atomic E-state index is -0.524. The van der Waals surface area contributed by atoms with Gasteiger partial charge in [0.1, 0.15) is 0 Å². The Morgan fingerprint density at radius 1 is 1.12 bits per heavy atom. The van der Waals surface area contributed by atoms with Crippen molar-refractivity contribution < 1.29 is 19.1 Å². The third kappa shape index (κ3) is 5.41. The summed E-state index contributed by atoms with van der Waals surface area (Å²) >= 11 is 0. The average molecular weight is 355 g/mol. The summed E-state index contributed by atoms with van der Waals surface area (Å²) in [4.78, 5) is 41.3. The number of nitrogens with zero attached hydrogens (tertiary/aromatic N) is 2. The number of pyridine rings is 1. The lowest BCUT2D eigenvalue weighted by atomic mass is 10.1. The number of carbonyl (C=O) groups excluding carboxylic acids is 3. The molecule has 1 heterocycles. The zero-order valence-corrected chi connectivity index (χ0v) is 14.8. The van der Waals surface area contributed by atoms with E-state index >= 15 is 0 Å². The second kappa shape index (κ2) is 9.31. The Labute approximate surface area is 152 Å². The van der Waals surface area contributed by atoms with Crippen molar-refractivity contribution >= 4 is 23.5 Å². The van der Waals surface area contributed by atoms with Gasteiger partial charge in [-0.1, -0.05) is 12.1 Å². The number of ether oxygens (including phenoxy) is 1. The van der Waals surface area contributed by atoms with Crippen molar-refractivity contribution in [2.45, 2.75) is 19.9 Å². The lowest BCUT2D eigenvalue weighted by Gasteiger charge is -2.21. The number of methoxy groups -OCH3 is 1. The third-order valence-electron chi connectivity index (χ3n) is 3.78. The molecule has 0 unspecified atom stereocenters. The largest absolute Gasteiger partial charge is 0.465 e. The zero-order chi connectivity index (χ0) is 18.9. The average Bonchev–Trinajstić information content (AvgIpc) is 2.65. The van der Waals surface area contributed by atoms with E-state index in [0.717, 1.165) is 5.56 Å². The van der Waals surface area contributed by atoms with Crippen LogP contribution in [0.15, 0.2) is 48.8 Å². The van der Waals surface area contributed by atoms with Crippen molar-refractivity contribution in [3.05, 3.63) is 59.9 Å². The van der Waals surface area contributed by atoms with Gasteiger partial charge in [-0.25, -0.2) is 4.79 Å². The van der Waals surface area contributed by atoms with E-state index in [9.17, 15) is 14.4 Å². The van der Waals surface area contributed by atoms with Crippen LogP contribution in [0.5, 0.6) is 0 Å². The Kier molecular flexibility index (Phi) is 6.84. The fourth-order valence-corrected chi connectivity index (χ4v) is 2.39. The number of benzene rings is 1. The molecular formula is C19H21N3O4. The number of hydrogen-bond donors (Lipinski definition) is 1. The number of esters is 1. The highest BCUT2D eigenvalue weighted by Crippen LogP contribution is 2.16. The van der Waals surface area contributed by atoms with E-state index in [0.29, 0.717) is 12.2 Å². The maximum Gasteiger partial charge on any atom is 0.339 e. The van der Waals surface area contributed by atoms with E-state index in [1.807, 2.05) is 12.1 Å². The van der Waals surface area contributed by atoms with Crippen LogP contribution in [0.1, 0.15) is 29.3 Å². The molecule has 1 N–H and O–H groups in total. The summed E-state index contributed by atoms with van der Waals surface area (Å²) in [6.45, 7) is 2.14. The van der Waals surface area contributed by atoms with Gasteiger partial charge in [0.05, 0.1) is 18.4 Å². The van der Waals surface area contributed by atoms with Gasteiger partial charge in [-0.3, -0.25) is 14.6 Å². The first-order valence-electron chi connectivity index (χ1n) is 8.13. The molecule has 2 aromatic rings. The van der Waals surface area contributed by atoms with Crippen molar-refractivity contribution in [1.29, 1.82) is 0 Å². The van der Waals surface area contributed by atoms with E-state index in [-0.39, 0.29) is 30.3 Å². The van der Waals surface area contributed by atoms with Gasteiger partial charge < -0.3 is 15.0 Å². The second-order valence-corrected chi connectivity index (χ2v) is 5.63. The monoisotopic (exact) mass is 355 g/mol. The molecule has 1 aromatic carbocycles. The zero-order valence-electron chi connectivity index (χ0n) is 14.8. The summed E-state index contributed by atoms with van der Waals surface area (Å²) in [5, 5.41) is 2.70. The summed E-state index contributed by atoms with van der Waals surface area (Å²) in [5.74, 6) is -0.934. The Morgan fingerprint density at radius 2 is 1.81 bits per heavy atom. The van der Waals surface area contributed by atoms with Crippen LogP contribution in [-0.4, -0.2) is 41.3 Å². The van der Waals surface area contributed by atoms with Crippen LogP contribution in [0.4, 0.5) is 5.69 Å². The van der Waals surface area contributed by atoms with Crippen molar-refractivity contribution in [2.24, 2.45) is 0 Å². The normalized spacial score (nSPS) is 10.1. The van der Waals surface area contributed by atoms with Gasteiger partial charge >= 0.3 is 5.97 Å². The molecule has 0 atom stereocenters. The first-order valence-corrected chi connectivity index (χ1v) is 8.13. The highest BCUT2D eigenvalue weighted by molar-refractivity contribution is 6.01. The van der Waals surface area contributed by atoms with Crippen LogP contribution in [0.25, 0.3) is 0 Å². The Balaban J connectivity index is 1.97.